The van der Waals surface area contributed by atoms with Gasteiger partial charge in [-0.05, 0) is 18.4 Å². The molecule has 1 aromatic rings. The van der Waals surface area contributed by atoms with Crippen LogP contribution in [0.25, 0.3) is 0 Å². The van der Waals surface area contributed by atoms with Crippen LogP contribution < -0.4 is 0 Å². The average Bonchev–Trinajstić information content (AvgIpc) is 2.18. The molecule has 3 heteroatoms. The van der Waals surface area contributed by atoms with Gasteiger partial charge in [-0.2, -0.15) is 8.78 Å². The molecule has 0 saturated heterocycles. The Balaban J connectivity index is 2.50. The first-order valence-corrected chi connectivity index (χ1v) is 5.03. The van der Waals surface area contributed by atoms with E-state index in [1.54, 1.807) is 6.42 Å². The van der Waals surface area contributed by atoms with E-state index in [-0.39, 0.29) is 0 Å². The highest BCUT2D eigenvalue weighted by Gasteiger charge is 2.14. The third-order valence-corrected chi connectivity index (χ3v) is 2.06. The average molecular weight is 213 g/mol. The number of hydrogen-bond acceptors (Lipinski definition) is 1. The maximum absolute atomic E-state index is 12.1. The molecule has 0 fully saturated rings. The Bertz CT molecular complexity index is 262. The maximum Gasteiger partial charge on any atom is 0.345 e. The lowest BCUT2D eigenvalue weighted by atomic mass is 10.0. The Morgan fingerprint density at radius 3 is 2.47 bits per heavy atom. The third-order valence-electron chi connectivity index (χ3n) is 2.06. The quantitative estimate of drug-likeness (QED) is 0.703. The molecule has 1 aromatic carbocycles. The predicted octanol–water partition coefficient (Wildman–Crippen LogP) is 3.45. The van der Waals surface area contributed by atoms with Gasteiger partial charge in [-0.3, -0.25) is 0 Å². The van der Waals surface area contributed by atoms with Crippen LogP contribution in [0, 0.1) is 6.42 Å². The highest BCUT2D eigenvalue weighted by Crippen LogP contribution is 2.13. The van der Waals surface area contributed by atoms with Gasteiger partial charge in [0.05, 0.1) is 6.10 Å². The van der Waals surface area contributed by atoms with Crippen molar-refractivity contribution < 1.29 is 13.5 Å². The van der Waals surface area contributed by atoms with Gasteiger partial charge in [0.15, 0.2) is 0 Å². The first-order chi connectivity index (χ1) is 7.22. The van der Waals surface area contributed by atoms with Crippen LogP contribution in [-0.2, 0) is 11.2 Å². The molecule has 83 valence electrons. The Morgan fingerprint density at radius 1 is 1.27 bits per heavy atom. The standard InChI is InChI=1S/C12H15F2O/c1-2-6-11(15-12(13)14)9-10-7-4-3-5-8-10/h3-8,11-12H,2,9H2,1H3. The summed E-state index contributed by atoms with van der Waals surface area (Å²) in [6.45, 7) is -0.797. The minimum absolute atomic E-state index is 0.499. The van der Waals surface area contributed by atoms with E-state index in [1.165, 1.54) is 0 Å². The molecular formula is C12H15F2O. The maximum atomic E-state index is 12.1. The molecule has 0 bridgehead atoms. The van der Waals surface area contributed by atoms with E-state index < -0.39 is 12.7 Å². The Kier molecular flexibility index (Phi) is 5.26. The van der Waals surface area contributed by atoms with E-state index in [1.807, 2.05) is 37.3 Å². The lowest BCUT2D eigenvalue weighted by Crippen LogP contribution is -2.19. The van der Waals surface area contributed by atoms with Crippen LogP contribution in [0.5, 0.6) is 0 Å². The first kappa shape index (κ1) is 12.1. The number of rotatable bonds is 6. The second-order valence-electron chi connectivity index (χ2n) is 3.27. The van der Waals surface area contributed by atoms with E-state index in [4.69, 9.17) is 0 Å². The zero-order valence-electron chi connectivity index (χ0n) is 8.70. The molecule has 0 heterocycles. The summed E-state index contributed by atoms with van der Waals surface area (Å²) in [4.78, 5) is 0. The van der Waals surface area contributed by atoms with E-state index in [2.05, 4.69) is 4.74 Å². The van der Waals surface area contributed by atoms with E-state index in [0.29, 0.717) is 6.42 Å². The molecular weight excluding hydrogens is 198 g/mol. The monoisotopic (exact) mass is 213 g/mol. The zero-order chi connectivity index (χ0) is 11.1. The van der Waals surface area contributed by atoms with Crippen molar-refractivity contribution in [1.82, 2.24) is 0 Å². The largest absolute Gasteiger partial charge is 0.345 e. The fourth-order valence-corrected chi connectivity index (χ4v) is 1.43. The molecule has 1 nitrogen and oxygen atoms in total. The summed E-state index contributed by atoms with van der Waals surface area (Å²) in [7, 11) is 0. The van der Waals surface area contributed by atoms with Crippen molar-refractivity contribution in [2.24, 2.45) is 0 Å². The van der Waals surface area contributed by atoms with Gasteiger partial charge in [-0.25, -0.2) is 0 Å². The molecule has 0 aliphatic rings. The van der Waals surface area contributed by atoms with Crippen molar-refractivity contribution in [3.05, 3.63) is 42.3 Å². The van der Waals surface area contributed by atoms with Crippen molar-refractivity contribution in [3.63, 3.8) is 0 Å². The summed E-state index contributed by atoms with van der Waals surface area (Å²) in [6.07, 6.45) is 2.49. The fourth-order valence-electron chi connectivity index (χ4n) is 1.43. The van der Waals surface area contributed by atoms with Crippen LogP contribution in [0.2, 0.25) is 0 Å². The molecule has 1 radical (unpaired) electrons. The fraction of sp³-hybridized carbons (Fsp3) is 0.417. The minimum atomic E-state index is -2.71. The van der Waals surface area contributed by atoms with Crippen LogP contribution in [0.4, 0.5) is 8.78 Å². The van der Waals surface area contributed by atoms with Crippen LogP contribution in [0.3, 0.4) is 0 Å². The second-order valence-corrected chi connectivity index (χ2v) is 3.27. The van der Waals surface area contributed by atoms with E-state index in [9.17, 15) is 8.78 Å². The number of alkyl halides is 2. The van der Waals surface area contributed by atoms with E-state index >= 15 is 0 Å². The lowest BCUT2D eigenvalue weighted by molar-refractivity contribution is -0.153. The summed E-state index contributed by atoms with van der Waals surface area (Å²) >= 11 is 0. The summed E-state index contributed by atoms with van der Waals surface area (Å²) in [6, 6.07) is 9.49. The van der Waals surface area contributed by atoms with Crippen LogP contribution >= 0.6 is 0 Å². The Hall–Kier alpha value is -0.960. The van der Waals surface area contributed by atoms with Gasteiger partial charge in [0, 0.05) is 0 Å². The normalized spacial score (nSPS) is 13.1. The molecule has 0 spiro atoms. The van der Waals surface area contributed by atoms with Gasteiger partial charge in [-0.1, -0.05) is 43.7 Å². The van der Waals surface area contributed by atoms with Crippen LogP contribution in [-0.4, -0.2) is 12.7 Å². The van der Waals surface area contributed by atoms with Gasteiger partial charge in [0.25, 0.3) is 0 Å². The van der Waals surface area contributed by atoms with Gasteiger partial charge >= 0.3 is 6.61 Å². The molecule has 1 unspecified atom stereocenters. The van der Waals surface area contributed by atoms with E-state index in [0.717, 1.165) is 12.0 Å². The highest BCUT2D eigenvalue weighted by atomic mass is 19.3. The van der Waals surface area contributed by atoms with Gasteiger partial charge in [0.2, 0.25) is 0 Å². The first-order valence-electron chi connectivity index (χ1n) is 5.03. The lowest BCUT2D eigenvalue weighted by Gasteiger charge is -2.16. The minimum Gasteiger partial charge on any atom is -0.319 e. The topological polar surface area (TPSA) is 9.23 Å². The number of hydrogen-bond donors (Lipinski definition) is 0. The SMILES string of the molecule is CC[CH]C(Cc1ccccc1)OC(F)F. The zero-order valence-corrected chi connectivity index (χ0v) is 8.70. The summed E-state index contributed by atoms with van der Waals surface area (Å²) in [5.41, 5.74) is 1.01. The van der Waals surface area contributed by atoms with Crippen molar-refractivity contribution in [3.8, 4) is 0 Å². The Labute approximate surface area is 89.1 Å². The predicted molar refractivity (Wildman–Crippen MR) is 55.6 cm³/mol. The highest BCUT2D eigenvalue weighted by molar-refractivity contribution is 5.16. The molecule has 0 aromatic heterocycles. The van der Waals surface area contributed by atoms with Crippen LogP contribution in [0.1, 0.15) is 18.9 Å². The summed E-state index contributed by atoms with van der Waals surface area (Å²) in [5.74, 6) is 0. The molecule has 1 rings (SSSR count). The second kappa shape index (κ2) is 6.51. The molecule has 1 atom stereocenters. The van der Waals surface area contributed by atoms with Gasteiger partial charge < -0.3 is 4.74 Å². The van der Waals surface area contributed by atoms with Crippen molar-refractivity contribution in [1.29, 1.82) is 0 Å². The van der Waals surface area contributed by atoms with Crippen molar-refractivity contribution in [2.45, 2.75) is 32.5 Å². The van der Waals surface area contributed by atoms with Crippen LogP contribution in [0.15, 0.2) is 30.3 Å². The van der Waals surface area contributed by atoms with Gasteiger partial charge in [0.1, 0.15) is 0 Å². The molecule has 0 aliphatic heterocycles. The summed E-state index contributed by atoms with van der Waals surface area (Å²) in [5, 5.41) is 0. The Morgan fingerprint density at radius 2 is 1.93 bits per heavy atom. The smallest absolute Gasteiger partial charge is 0.319 e. The molecule has 0 N–H and O–H groups in total. The molecule has 15 heavy (non-hydrogen) atoms. The number of halogens is 2. The third kappa shape index (κ3) is 4.88. The van der Waals surface area contributed by atoms with Crippen molar-refractivity contribution >= 4 is 0 Å². The summed E-state index contributed by atoms with van der Waals surface area (Å²) < 4.78 is 28.6. The molecule has 0 saturated carbocycles. The van der Waals surface area contributed by atoms with Crippen molar-refractivity contribution in [2.75, 3.05) is 0 Å². The number of benzene rings is 1. The number of ether oxygens (including phenoxy) is 1. The molecule has 0 aliphatic carbocycles. The molecule has 0 amide bonds. The van der Waals surface area contributed by atoms with Gasteiger partial charge in [-0.15, -0.1) is 0 Å².